The van der Waals surface area contributed by atoms with Crippen LogP contribution >= 0.6 is 0 Å². The number of aromatic nitrogens is 4. The number of hydrogen-bond donors (Lipinski definition) is 1. The number of hydrogen-bond acceptors (Lipinski definition) is 4. The predicted molar refractivity (Wildman–Crippen MR) is 53.6 cm³/mol. The lowest BCUT2D eigenvalue weighted by molar-refractivity contribution is -0.148. The first kappa shape index (κ1) is 14.4. The van der Waals surface area contributed by atoms with Crippen LogP contribution in [0.25, 0.3) is 0 Å². The van der Waals surface area contributed by atoms with Crippen molar-refractivity contribution in [1.29, 1.82) is 0 Å². The Balaban J connectivity index is 2.74. The minimum absolute atomic E-state index is 0.0293. The zero-order valence-corrected chi connectivity index (χ0v) is 9.90. The quantitative estimate of drug-likeness (QED) is 0.868. The summed E-state index contributed by atoms with van der Waals surface area (Å²) in [5.74, 6) is -1.04. The van der Waals surface area contributed by atoms with E-state index in [2.05, 4.69) is 15.5 Å². The van der Waals surface area contributed by atoms with E-state index in [-0.39, 0.29) is 18.8 Å². The van der Waals surface area contributed by atoms with Crippen LogP contribution in [0.15, 0.2) is 0 Å². The molecule has 1 N–H and O–H groups in total. The second-order valence-corrected chi connectivity index (χ2v) is 4.56. The average molecular weight is 266 g/mol. The number of rotatable bonds is 5. The lowest BCUT2D eigenvalue weighted by atomic mass is 9.94. The molecule has 9 heteroatoms. The summed E-state index contributed by atoms with van der Waals surface area (Å²) in [7, 11) is 0. The summed E-state index contributed by atoms with van der Waals surface area (Å²) < 4.78 is 37.3. The van der Waals surface area contributed by atoms with Crippen LogP contribution in [-0.4, -0.2) is 37.5 Å². The van der Waals surface area contributed by atoms with E-state index in [1.54, 1.807) is 0 Å². The number of alkyl halides is 3. The zero-order valence-electron chi connectivity index (χ0n) is 9.90. The SMILES string of the molecule is CC(C)(Cn1nnnc1CCC(F)(F)F)C(=O)O. The van der Waals surface area contributed by atoms with E-state index in [1.165, 1.54) is 13.8 Å². The Morgan fingerprint density at radius 2 is 2.00 bits per heavy atom. The van der Waals surface area contributed by atoms with E-state index in [4.69, 9.17) is 5.11 Å². The minimum atomic E-state index is -4.29. The van der Waals surface area contributed by atoms with Crippen molar-refractivity contribution in [2.24, 2.45) is 5.41 Å². The molecule has 0 aliphatic rings. The van der Waals surface area contributed by atoms with Gasteiger partial charge in [-0.2, -0.15) is 13.2 Å². The first-order valence-corrected chi connectivity index (χ1v) is 5.17. The fourth-order valence-corrected chi connectivity index (χ4v) is 1.22. The Labute approximate surface area is 101 Å². The monoisotopic (exact) mass is 266 g/mol. The van der Waals surface area contributed by atoms with E-state index >= 15 is 0 Å². The van der Waals surface area contributed by atoms with Crippen molar-refractivity contribution in [3.8, 4) is 0 Å². The molecule has 1 rings (SSSR count). The number of tetrazole rings is 1. The molecule has 6 nitrogen and oxygen atoms in total. The molecule has 0 saturated heterocycles. The van der Waals surface area contributed by atoms with Crippen LogP contribution in [0.5, 0.6) is 0 Å². The molecule has 1 heterocycles. The predicted octanol–water partition coefficient (Wildman–Crippen LogP) is 1.28. The van der Waals surface area contributed by atoms with Crippen LogP contribution in [0.3, 0.4) is 0 Å². The molecule has 0 saturated carbocycles. The highest BCUT2D eigenvalue weighted by Gasteiger charge is 2.31. The molecule has 1 aromatic rings. The van der Waals surface area contributed by atoms with Gasteiger partial charge in [0.2, 0.25) is 0 Å². The average Bonchev–Trinajstić information content (AvgIpc) is 2.60. The first-order valence-electron chi connectivity index (χ1n) is 5.17. The van der Waals surface area contributed by atoms with Gasteiger partial charge < -0.3 is 5.11 Å². The number of nitrogens with zero attached hydrogens (tertiary/aromatic N) is 4. The second-order valence-electron chi connectivity index (χ2n) is 4.56. The van der Waals surface area contributed by atoms with Gasteiger partial charge in [-0.15, -0.1) is 5.10 Å². The maximum absolute atomic E-state index is 12.1. The van der Waals surface area contributed by atoms with E-state index < -0.39 is 24.0 Å². The van der Waals surface area contributed by atoms with Gasteiger partial charge in [0.1, 0.15) is 0 Å². The summed E-state index contributed by atoms with van der Waals surface area (Å²) in [5.41, 5.74) is -1.15. The normalized spacial score (nSPS) is 12.7. The minimum Gasteiger partial charge on any atom is -0.481 e. The van der Waals surface area contributed by atoms with Gasteiger partial charge in [0.25, 0.3) is 0 Å². The summed E-state index contributed by atoms with van der Waals surface area (Å²) in [6.07, 6.45) is -5.70. The van der Waals surface area contributed by atoms with Gasteiger partial charge in [-0.3, -0.25) is 4.79 Å². The Bertz CT molecular complexity index is 428. The molecule has 0 bridgehead atoms. The summed E-state index contributed by atoms with van der Waals surface area (Å²) in [6, 6.07) is 0. The molecule has 0 aliphatic carbocycles. The topological polar surface area (TPSA) is 80.9 Å². The number of carboxylic acid groups (broad SMARTS) is 1. The van der Waals surface area contributed by atoms with Crippen molar-refractivity contribution in [1.82, 2.24) is 20.2 Å². The molecular weight excluding hydrogens is 253 g/mol. The van der Waals surface area contributed by atoms with Crippen molar-refractivity contribution in [2.45, 2.75) is 39.4 Å². The third-order valence-corrected chi connectivity index (χ3v) is 2.36. The molecule has 0 amide bonds. The number of carbonyl (C=O) groups is 1. The van der Waals surface area contributed by atoms with Crippen LogP contribution in [-0.2, 0) is 17.8 Å². The Hall–Kier alpha value is -1.67. The summed E-state index contributed by atoms with van der Waals surface area (Å²) in [5, 5.41) is 19.2. The van der Waals surface area contributed by atoms with Gasteiger partial charge in [0.05, 0.1) is 18.4 Å². The standard InChI is InChI=1S/C9H13F3N4O2/c1-8(2,7(17)18)5-16-6(13-14-15-16)3-4-9(10,11)12/h3-5H2,1-2H3,(H,17,18). The summed E-state index contributed by atoms with van der Waals surface area (Å²) in [4.78, 5) is 10.9. The summed E-state index contributed by atoms with van der Waals surface area (Å²) >= 11 is 0. The van der Waals surface area contributed by atoms with Crippen LogP contribution in [0.4, 0.5) is 13.2 Å². The third kappa shape index (κ3) is 3.97. The van der Waals surface area contributed by atoms with E-state index in [1.807, 2.05) is 0 Å². The van der Waals surface area contributed by atoms with Crippen molar-refractivity contribution >= 4 is 5.97 Å². The smallest absolute Gasteiger partial charge is 0.389 e. The van der Waals surface area contributed by atoms with E-state index in [0.717, 1.165) is 4.68 Å². The fourth-order valence-electron chi connectivity index (χ4n) is 1.22. The summed E-state index contributed by atoms with van der Waals surface area (Å²) in [6.45, 7) is 2.82. The Morgan fingerprint density at radius 3 is 2.50 bits per heavy atom. The van der Waals surface area contributed by atoms with Gasteiger partial charge in [0, 0.05) is 6.42 Å². The first-order chi connectivity index (χ1) is 8.12. The van der Waals surface area contributed by atoms with Crippen molar-refractivity contribution in [3.05, 3.63) is 5.82 Å². The Morgan fingerprint density at radius 1 is 1.39 bits per heavy atom. The second kappa shape index (κ2) is 4.91. The fraction of sp³-hybridized carbons (Fsp3) is 0.778. The molecular formula is C9H13F3N4O2. The van der Waals surface area contributed by atoms with Gasteiger partial charge in [-0.1, -0.05) is 0 Å². The number of halogens is 3. The molecule has 0 aromatic carbocycles. The number of carboxylic acids is 1. The molecule has 0 atom stereocenters. The van der Waals surface area contributed by atoms with Crippen molar-refractivity contribution in [3.63, 3.8) is 0 Å². The molecule has 0 radical (unpaired) electrons. The molecule has 18 heavy (non-hydrogen) atoms. The highest BCUT2D eigenvalue weighted by molar-refractivity contribution is 5.73. The number of aryl methyl sites for hydroxylation is 1. The van der Waals surface area contributed by atoms with Crippen molar-refractivity contribution < 1.29 is 23.1 Å². The maximum Gasteiger partial charge on any atom is 0.389 e. The van der Waals surface area contributed by atoms with Gasteiger partial charge in [-0.05, 0) is 24.3 Å². The van der Waals surface area contributed by atoms with E-state index in [0.29, 0.717) is 0 Å². The lowest BCUT2D eigenvalue weighted by Crippen LogP contribution is -2.30. The lowest BCUT2D eigenvalue weighted by Gasteiger charge is -2.19. The number of aliphatic carboxylic acids is 1. The largest absolute Gasteiger partial charge is 0.481 e. The molecule has 0 spiro atoms. The van der Waals surface area contributed by atoms with Crippen LogP contribution in [0.1, 0.15) is 26.1 Å². The maximum atomic E-state index is 12.1. The molecule has 0 aliphatic heterocycles. The molecule has 1 aromatic heterocycles. The highest BCUT2D eigenvalue weighted by atomic mass is 19.4. The van der Waals surface area contributed by atoms with Gasteiger partial charge in [0.15, 0.2) is 5.82 Å². The highest BCUT2D eigenvalue weighted by Crippen LogP contribution is 2.22. The third-order valence-electron chi connectivity index (χ3n) is 2.36. The molecule has 102 valence electrons. The van der Waals surface area contributed by atoms with Crippen LogP contribution in [0.2, 0.25) is 0 Å². The van der Waals surface area contributed by atoms with Gasteiger partial charge in [-0.25, -0.2) is 4.68 Å². The van der Waals surface area contributed by atoms with E-state index in [9.17, 15) is 18.0 Å². The zero-order chi connectivity index (χ0) is 14.0. The van der Waals surface area contributed by atoms with Gasteiger partial charge >= 0.3 is 12.1 Å². The van der Waals surface area contributed by atoms with Crippen molar-refractivity contribution in [2.75, 3.05) is 0 Å². The molecule has 0 fully saturated rings. The Kier molecular flexibility index (Phi) is 3.92. The van der Waals surface area contributed by atoms with Crippen LogP contribution < -0.4 is 0 Å². The molecule has 0 unspecified atom stereocenters. The van der Waals surface area contributed by atoms with Crippen LogP contribution in [0, 0.1) is 5.41 Å².